The van der Waals surface area contributed by atoms with Crippen molar-refractivity contribution in [2.24, 2.45) is 0 Å². The molecule has 0 aliphatic rings. The fourth-order valence-electron chi connectivity index (χ4n) is 1.35. The Morgan fingerprint density at radius 2 is 2.00 bits per heavy atom. The second-order valence-corrected chi connectivity index (χ2v) is 5.08. The van der Waals surface area contributed by atoms with Gasteiger partial charge >= 0.3 is 0 Å². The molecule has 5 heteroatoms. The fraction of sp³-hybridized carbons (Fsp3) is 0. The van der Waals surface area contributed by atoms with Crippen molar-refractivity contribution in [1.82, 2.24) is 0 Å². The van der Waals surface area contributed by atoms with E-state index in [4.69, 9.17) is 28.9 Å². The van der Waals surface area contributed by atoms with Gasteiger partial charge in [0.2, 0.25) is 0 Å². The molecule has 0 saturated carbocycles. The van der Waals surface area contributed by atoms with Gasteiger partial charge in [-0.25, -0.2) is 0 Å². The monoisotopic (exact) mass is 271 g/mol. The molecule has 2 rings (SSSR count). The molecule has 2 N–H and O–H groups in total. The van der Waals surface area contributed by atoms with Crippen LogP contribution in [0.1, 0.15) is 9.67 Å². The van der Waals surface area contributed by atoms with Crippen LogP contribution >= 0.6 is 34.5 Å². The Kier molecular flexibility index (Phi) is 3.19. The second-order valence-electron chi connectivity index (χ2n) is 3.18. The molecular formula is C11H7Cl2NOS. The van der Waals surface area contributed by atoms with E-state index in [1.165, 1.54) is 11.3 Å². The number of halogens is 2. The van der Waals surface area contributed by atoms with Crippen molar-refractivity contribution >= 4 is 46.5 Å². The Morgan fingerprint density at radius 1 is 1.25 bits per heavy atom. The van der Waals surface area contributed by atoms with Crippen molar-refractivity contribution in [2.75, 3.05) is 5.73 Å². The van der Waals surface area contributed by atoms with Crippen LogP contribution in [-0.2, 0) is 0 Å². The van der Waals surface area contributed by atoms with Crippen LogP contribution in [0.4, 0.5) is 5.69 Å². The fourth-order valence-corrected chi connectivity index (χ4v) is 2.69. The first-order valence-corrected chi connectivity index (χ1v) is 5.99. The smallest absolute Gasteiger partial charge is 0.160 e. The molecule has 0 radical (unpaired) electrons. The lowest BCUT2D eigenvalue weighted by Gasteiger charge is -2.05. The Labute approximate surface area is 107 Å². The topological polar surface area (TPSA) is 43.1 Å². The third kappa shape index (κ3) is 2.07. The van der Waals surface area contributed by atoms with Gasteiger partial charge in [0.25, 0.3) is 0 Å². The van der Waals surface area contributed by atoms with Crippen LogP contribution in [0.2, 0.25) is 10.0 Å². The first kappa shape index (κ1) is 11.5. The van der Waals surface area contributed by atoms with Gasteiger partial charge in [-0.15, -0.1) is 11.3 Å². The summed E-state index contributed by atoms with van der Waals surface area (Å²) in [6, 6.07) is 6.90. The maximum atomic E-state index is 10.6. The van der Waals surface area contributed by atoms with Gasteiger partial charge in [-0.3, -0.25) is 4.79 Å². The molecule has 1 heterocycles. The first-order chi connectivity index (χ1) is 7.61. The number of benzene rings is 1. The van der Waals surface area contributed by atoms with Crippen molar-refractivity contribution in [2.45, 2.75) is 0 Å². The summed E-state index contributed by atoms with van der Waals surface area (Å²) in [6.07, 6.45) is 0.802. The quantitative estimate of drug-likeness (QED) is 0.660. The number of anilines is 1. The lowest BCUT2D eigenvalue weighted by atomic mass is 10.1. The zero-order valence-corrected chi connectivity index (χ0v) is 10.4. The number of hydrogen-bond acceptors (Lipinski definition) is 3. The summed E-state index contributed by atoms with van der Waals surface area (Å²) in [4.78, 5) is 12.1. The standard InChI is InChI=1S/C11H7Cl2NOS/c12-9-4-6(14)3-8(11(9)13)10-2-1-7(5-15)16-10/h1-5H,14H2. The molecule has 0 aliphatic heterocycles. The van der Waals surface area contributed by atoms with Crippen LogP contribution in [0.3, 0.4) is 0 Å². The highest BCUT2D eigenvalue weighted by Gasteiger charge is 2.10. The van der Waals surface area contributed by atoms with Gasteiger partial charge in [-0.05, 0) is 24.3 Å². The third-order valence-corrected chi connectivity index (χ3v) is 3.90. The summed E-state index contributed by atoms with van der Waals surface area (Å²) in [5.74, 6) is 0. The summed E-state index contributed by atoms with van der Waals surface area (Å²) >= 11 is 13.4. The Bertz CT molecular complexity index is 551. The molecule has 0 amide bonds. The van der Waals surface area contributed by atoms with E-state index in [9.17, 15) is 4.79 Å². The van der Waals surface area contributed by atoms with Gasteiger partial charge in [0, 0.05) is 16.1 Å². The lowest BCUT2D eigenvalue weighted by Crippen LogP contribution is -1.86. The molecule has 0 bridgehead atoms. The van der Waals surface area contributed by atoms with Crippen molar-refractivity contribution in [1.29, 1.82) is 0 Å². The van der Waals surface area contributed by atoms with Crippen molar-refractivity contribution in [3.8, 4) is 10.4 Å². The number of aldehydes is 1. The van der Waals surface area contributed by atoms with E-state index in [1.54, 1.807) is 18.2 Å². The SMILES string of the molecule is Nc1cc(Cl)c(Cl)c(-c2ccc(C=O)s2)c1. The zero-order chi connectivity index (χ0) is 11.7. The van der Waals surface area contributed by atoms with Crippen molar-refractivity contribution in [3.05, 3.63) is 39.2 Å². The number of hydrogen-bond donors (Lipinski definition) is 1. The number of nitrogens with two attached hydrogens (primary N) is 1. The maximum Gasteiger partial charge on any atom is 0.160 e. The van der Waals surface area contributed by atoms with Crippen LogP contribution in [0.15, 0.2) is 24.3 Å². The van der Waals surface area contributed by atoms with Crippen LogP contribution in [0.25, 0.3) is 10.4 Å². The normalized spacial score (nSPS) is 10.4. The zero-order valence-electron chi connectivity index (χ0n) is 8.04. The number of thiophene rings is 1. The predicted molar refractivity (Wildman–Crippen MR) is 69.6 cm³/mol. The van der Waals surface area contributed by atoms with Crippen molar-refractivity contribution < 1.29 is 4.79 Å². The van der Waals surface area contributed by atoms with Gasteiger partial charge < -0.3 is 5.73 Å². The summed E-state index contributed by atoms with van der Waals surface area (Å²) < 4.78 is 0. The molecular weight excluding hydrogens is 265 g/mol. The molecule has 2 nitrogen and oxygen atoms in total. The molecule has 16 heavy (non-hydrogen) atoms. The van der Waals surface area contributed by atoms with Gasteiger partial charge in [-0.1, -0.05) is 23.2 Å². The maximum absolute atomic E-state index is 10.6. The number of carbonyl (C=O) groups excluding carboxylic acids is 1. The van der Waals surface area contributed by atoms with Crippen LogP contribution in [0, 0.1) is 0 Å². The highest BCUT2D eigenvalue weighted by molar-refractivity contribution is 7.17. The largest absolute Gasteiger partial charge is 0.399 e. The predicted octanol–water partition coefficient (Wildman–Crippen LogP) is 4.12. The minimum atomic E-state index is 0.415. The summed E-state index contributed by atoms with van der Waals surface area (Å²) in [5, 5.41) is 0.868. The summed E-state index contributed by atoms with van der Waals surface area (Å²) in [7, 11) is 0. The number of rotatable bonds is 2. The van der Waals surface area contributed by atoms with Crippen molar-refractivity contribution in [3.63, 3.8) is 0 Å². The highest BCUT2D eigenvalue weighted by Crippen LogP contribution is 2.38. The molecule has 1 aromatic carbocycles. The molecule has 0 atom stereocenters. The summed E-state index contributed by atoms with van der Waals surface area (Å²) in [5.41, 5.74) is 7.00. The Morgan fingerprint density at radius 3 is 2.62 bits per heavy atom. The molecule has 2 aromatic rings. The van der Waals surface area contributed by atoms with E-state index in [2.05, 4.69) is 0 Å². The van der Waals surface area contributed by atoms with E-state index >= 15 is 0 Å². The number of nitrogen functional groups attached to an aromatic ring is 1. The molecule has 0 fully saturated rings. The summed E-state index contributed by atoms with van der Waals surface area (Å²) in [6.45, 7) is 0. The van der Waals surface area contributed by atoms with E-state index in [0.717, 1.165) is 16.7 Å². The van der Waals surface area contributed by atoms with Gasteiger partial charge in [0.1, 0.15) is 0 Å². The van der Waals surface area contributed by atoms with E-state index in [0.29, 0.717) is 20.6 Å². The van der Waals surface area contributed by atoms with Crippen LogP contribution in [0.5, 0.6) is 0 Å². The van der Waals surface area contributed by atoms with E-state index in [1.807, 2.05) is 6.07 Å². The van der Waals surface area contributed by atoms with Crippen LogP contribution < -0.4 is 5.73 Å². The first-order valence-electron chi connectivity index (χ1n) is 4.41. The van der Waals surface area contributed by atoms with Gasteiger partial charge in [-0.2, -0.15) is 0 Å². The molecule has 0 unspecified atom stereocenters. The third-order valence-electron chi connectivity index (χ3n) is 2.06. The average Bonchev–Trinajstić information content (AvgIpc) is 2.71. The second kappa shape index (κ2) is 4.45. The molecule has 1 aromatic heterocycles. The number of carbonyl (C=O) groups is 1. The van der Waals surface area contributed by atoms with Gasteiger partial charge in [0.05, 0.1) is 14.9 Å². The minimum absolute atomic E-state index is 0.415. The minimum Gasteiger partial charge on any atom is -0.399 e. The average molecular weight is 272 g/mol. The van der Waals surface area contributed by atoms with Gasteiger partial charge in [0.15, 0.2) is 6.29 Å². The Hall–Kier alpha value is -1.03. The molecule has 0 saturated heterocycles. The lowest BCUT2D eigenvalue weighted by molar-refractivity contribution is 0.112. The highest BCUT2D eigenvalue weighted by atomic mass is 35.5. The van der Waals surface area contributed by atoms with Crippen LogP contribution in [-0.4, -0.2) is 6.29 Å². The molecule has 0 spiro atoms. The Balaban J connectivity index is 2.58. The van der Waals surface area contributed by atoms with E-state index in [-0.39, 0.29) is 0 Å². The van der Waals surface area contributed by atoms with E-state index < -0.39 is 0 Å². The molecule has 82 valence electrons. The molecule has 0 aliphatic carbocycles.